The van der Waals surface area contributed by atoms with Gasteiger partial charge in [-0.2, -0.15) is 0 Å². The summed E-state index contributed by atoms with van der Waals surface area (Å²) in [7, 11) is 1.62. The van der Waals surface area contributed by atoms with Crippen LogP contribution in [0.3, 0.4) is 0 Å². The van der Waals surface area contributed by atoms with E-state index in [1.165, 1.54) is 11.3 Å². The smallest absolute Gasteiger partial charge is 0.338 e. The third-order valence-electron chi connectivity index (χ3n) is 8.34. The van der Waals surface area contributed by atoms with Crippen molar-refractivity contribution in [1.82, 2.24) is 9.13 Å². The van der Waals surface area contributed by atoms with Crippen LogP contribution in [-0.2, 0) is 14.3 Å². The average Bonchev–Trinajstić information content (AvgIpc) is 3.52. The van der Waals surface area contributed by atoms with Crippen molar-refractivity contribution in [3.05, 3.63) is 126 Å². The Morgan fingerprint density at radius 2 is 1.60 bits per heavy atom. The number of nitrogens with zero attached hydrogens (tertiary/aromatic N) is 3. The Morgan fingerprint density at radius 1 is 0.915 bits per heavy atom. The lowest BCUT2D eigenvalue weighted by molar-refractivity contribution is -0.139. The number of aromatic nitrogens is 2. The topological polar surface area (TPSA) is 101 Å². The molecule has 0 N–H and O–H groups in total. The Kier molecular flexibility index (Phi) is 8.70. The molecule has 0 radical (unpaired) electrons. The molecule has 0 bridgehead atoms. The van der Waals surface area contributed by atoms with Crippen LogP contribution in [0.4, 0.5) is 0 Å². The molecule has 240 valence electrons. The Balaban J connectivity index is 1.51. The third kappa shape index (κ3) is 5.59. The second kappa shape index (κ2) is 12.9. The number of ether oxygens (including phenoxy) is 3. The van der Waals surface area contributed by atoms with Gasteiger partial charge in [0.25, 0.3) is 5.56 Å². The van der Waals surface area contributed by atoms with E-state index < -0.39 is 12.0 Å². The summed E-state index contributed by atoms with van der Waals surface area (Å²) in [5, 5.41) is 1.73. The molecule has 1 unspecified atom stereocenters. The number of carbonyl (C=O) groups is 2. The third-order valence-corrected chi connectivity index (χ3v) is 9.33. The molecule has 1 aliphatic rings. The largest absolute Gasteiger partial charge is 0.496 e. The van der Waals surface area contributed by atoms with E-state index >= 15 is 0 Å². The van der Waals surface area contributed by atoms with Crippen molar-refractivity contribution >= 4 is 40.1 Å². The lowest BCUT2D eigenvalue weighted by Crippen LogP contribution is -2.40. The number of hydrogen-bond acceptors (Lipinski definition) is 8. The normalized spacial score (nSPS) is 14.6. The van der Waals surface area contributed by atoms with Gasteiger partial charge in [-0.3, -0.25) is 9.36 Å². The standard InChI is InChI=1S/C37H35N3O6S/c1-7-45-35(42)24-13-15-26(16-14-24)39-21(3)19-25(23(39)5)20-31-34(41)40-33(32(36(43)46-8-2)22(4)38-37(40)47-31)29-17-18-30(44-6)28-12-10-9-11-27(28)29/h9-20,33H,7-8H2,1-6H3/b31-20+. The molecule has 5 aromatic rings. The summed E-state index contributed by atoms with van der Waals surface area (Å²) in [5.41, 5.74) is 5.48. The first kappa shape index (κ1) is 31.7. The predicted molar refractivity (Wildman–Crippen MR) is 182 cm³/mol. The molecule has 3 aromatic carbocycles. The van der Waals surface area contributed by atoms with Crippen LogP contribution in [0.5, 0.6) is 5.75 Å². The van der Waals surface area contributed by atoms with Gasteiger partial charge in [0.15, 0.2) is 4.80 Å². The molecule has 47 heavy (non-hydrogen) atoms. The zero-order valence-electron chi connectivity index (χ0n) is 27.1. The molecular formula is C37H35N3O6S. The number of methoxy groups -OCH3 is 1. The molecule has 3 heterocycles. The van der Waals surface area contributed by atoms with Crippen molar-refractivity contribution in [1.29, 1.82) is 0 Å². The van der Waals surface area contributed by atoms with Crippen molar-refractivity contribution in [2.75, 3.05) is 20.3 Å². The number of thiazole rings is 1. The first-order valence-electron chi connectivity index (χ1n) is 15.4. The lowest BCUT2D eigenvalue weighted by Gasteiger charge is -2.26. The highest BCUT2D eigenvalue weighted by Gasteiger charge is 2.34. The second-order valence-corrected chi connectivity index (χ2v) is 12.1. The molecule has 10 heteroatoms. The van der Waals surface area contributed by atoms with Gasteiger partial charge in [0, 0.05) is 22.5 Å². The zero-order valence-corrected chi connectivity index (χ0v) is 27.9. The fourth-order valence-electron chi connectivity index (χ4n) is 6.23. The molecule has 6 rings (SSSR count). The summed E-state index contributed by atoms with van der Waals surface area (Å²) >= 11 is 1.29. The summed E-state index contributed by atoms with van der Waals surface area (Å²) < 4.78 is 20.4. The van der Waals surface area contributed by atoms with E-state index in [0.717, 1.165) is 39.0 Å². The van der Waals surface area contributed by atoms with Crippen LogP contribution >= 0.6 is 11.3 Å². The number of fused-ring (bicyclic) bond motifs is 2. The molecule has 0 fully saturated rings. The van der Waals surface area contributed by atoms with Gasteiger partial charge in [-0.25, -0.2) is 14.6 Å². The summed E-state index contributed by atoms with van der Waals surface area (Å²) in [6.45, 7) is 9.80. The predicted octanol–water partition coefficient (Wildman–Crippen LogP) is 5.54. The first-order chi connectivity index (χ1) is 22.7. The average molecular weight is 650 g/mol. The van der Waals surface area contributed by atoms with Crippen molar-refractivity contribution in [2.24, 2.45) is 4.99 Å². The molecule has 9 nitrogen and oxygen atoms in total. The summed E-state index contributed by atoms with van der Waals surface area (Å²) in [6, 6.07) is 20.1. The van der Waals surface area contributed by atoms with Crippen LogP contribution in [0.15, 0.2) is 87.8 Å². The highest BCUT2D eigenvalue weighted by molar-refractivity contribution is 7.07. The minimum Gasteiger partial charge on any atom is -0.496 e. The van der Waals surface area contributed by atoms with Crippen molar-refractivity contribution < 1.29 is 23.8 Å². The Bertz CT molecular complexity index is 2260. The summed E-state index contributed by atoms with van der Waals surface area (Å²) in [6.07, 6.45) is 1.88. The van der Waals surface area contributed by atoms with Gasteiger partial charge in [-0.05, 0) is 93.6 Å². The number of aryl methyl sites for hydroxylation is 1. The maximum Gasteiger partial charge on any atom is 0.338 e. The van der Waals surface area contributed by atoms with Gasteiger partial charge >= 0.3 is 11.9 Å². The zero-order chi connectivity index (χ0) is 33.4. The fraction of sp³-hybridized carbons (Fsp3) is 0.243. The number of hydrogen-bond donors (Lipinski definition) is 0. The molecule has 1 aliphatic heterocycles. The summed E-state index contributed by atoms with van der Waals surface area (Å²) in [5.74, 6) is -0.176. The second-order valence-electron chi connectivity index (χ2n) is 11.1. The summed E-state index contributed by atoms with van der Waals surface area (Å²) in [4.78, 5) is 45.2. The maximum absolute atomic E-state index is 14.4. The van der Waals surface area contributed by atoms with Gasteiger partial charge in [-0.1, -0.05) is 41.7 Å². The molecule has 0 saturated carbocycles. The Morgan fingerprint density at radius 3 is 2.28 bits per heavy atom. The van der Waals surface area contributed by atoms with E-state index in [2.05, 4.69) is 4.57 Å². The van der Waals surface area contributed by atoms with Crippen LogP contribution in [0, 0.1) is 13.8 Å². The molecule has 0 aliphatic carbocycles. The molecule has 0 spiro atoms. The number of carbonyl (C=O) groups excluding carboxylic acids is 2. The Labute approximate surface area is 275 Å². The number of esters is 2. The monoisotopic (exact) mass is 649 g/mol. The number of allylic oxidation sites excluding steroid dienone is 1. The van der Waals surface area contributed by atoms with Crippen molar-refractivity contribution in [3.63, 3.8) is 0 Å². The minimum atomic E-state index is -0.756. The van der Waals surface area contributed by atoms with E-state index in [4.69, 9.17) is 19.2 Å². The van der Waals surface area contributed by atoms with Gasteiger partial charge in [0.05, 0.1) is 47.7 Å². The Hall–Kier alpha value is -5.22. The van der Waals surface area contributed by atoms with Crippen LogP contribution < -0.4 is 19.6 Å². The highest BCUT2D eigenvalue weighted by Crippen LogP contribution is 2.38. The van der Waals surface area contributed by atoms with E-state index in [0.29, 0.717) is 38.5 Å². The molecule has 2 aromatic heterocycles. The van der Waals surface area contributed by atoms with Gasteiger partial charge in [-0.15, -0.1) is 0 Å². The SMILES string of the molecule is CCOC(=O)C1=C(C)N=c2s/c(=C/c3cc(C)n(-c4ccc(C(=O)OCC)cc4)c3C)c(=O)n2C1c1ccc(OC)c2ccccc12. The van der Waals surface area contributed by atoms with Crippen LogP contribution in [0.1, 0.15) is 59.7 Å². The lowest BCUT2D eigenvalue weighted by atomic mass is 9.91. The minimum absolute atomic E-state index is 0.192. The molecule has 0 saturated heterocycles. The number of rotatable bonds is 8. The van der Waals surface area contributed by atoms with Crippen LogP contribution in [-0.4, -0.2) is 41.4 Å². The van der Waals surface area contributed by atoms with E-state index in [1.807, 2.05) is 74.5 Å². The van der Waals surface area contributed by atoms with E-state index in [-0.39, 0.29) is 18.1 Å². The highest BCUT2D eigenvalue weighted by atomic mass is 32.1. The molecular weight excluding hydrogens is 614 g/mol. The molecule has 1 atom stereocenters. The van der Waals surface area contributed by atoms with Gasteiger partial charge in [0.1, 0.15) is 5.75 Å². The van der Waals surface area contributed by atoms with E-state index in [9.17, 15) is 14.4 Å². The fourth-order valence-corrected chi connectivity index (χ4v) is 7.27. The van der Waals surface area contributed by atoms with Crippen molar-refractivity contribution in [2.45, 2.75) is 40.7 Å². The van der Waals surface area contributed by atoms with Crippen LogP contribution in [0.25, 0.3) is 22.5 Å². The van der Waals surface area contributed by atoms with E-state index in [1.54, 1.807) is 44.6 Å². The van der Waals surface area contributed by atoms with Gasteiger partial charge < -0.3 is 18.8 Å². The van der Waals surface area contributed by atoms with Crippen LogP contribution in [0.2, 0.25) is 0 Å². The first-order valence-corrected chi connectivity index (χ1v) is 16.2. The number of benzene rings is 3. The molecule has 0 amide bonds. The maximum atomic E-state index is 14.4. The van der Waals surface area contributed by atoms with Gasteiger partial charge in [0.2, 0.25) is 0 Å². The van der Waals surface area contributed by atoms with Crippen molar-refractivity contribution in [3.8, 4) is 11.4 Å². The quantitative estimate of drug-likeness (QED) is 0.205.